The van der Waals surface area contributed by atoms with E-state index in [-0.39, 0.29) is 12.1 Å². The van der Waals surface area contributed by atoms with E-state index in [1.54, 1.807) is 0 Å². The van der Waals surface area contributed by atoms with E-state index in [1.807, 2.05) is 0 Å². The largest absolute Gasteiger partial charge is 0.376 e. The van der Waals surface area contributed by atoms with E-state index in [4.69, 9.17) is 4.74 Å². The summed E-state index contributed by atoms with van der Waals surface area (Å²) in [5.74, 6) is 0.494. The number of benzene rings is 1. The molecule has 0 bridgehead atoms. The maximum Gasteiger partial charge on any atom is 0.0792 e. The van der Waals surface area contributed by atoms with E-state index in [0.29, 0.717) is 5.92 Å². The van der Waals surface area contributed by atoms with Crippen molar-refractivity contribution in [3.05, 3.63) is 35.4 Å². The Balaban J connectivity index is 3.01. The molecule has 0 heterocycles. The van der Waals surface area contributed by atoms with E-state index in [1.165, 1.54) is 11.1 Å². The zero-order valence-electron chi connectivity index (χ0n) is 13.1. The fraction of sp³-hybridized carbons (Fsp3) is 0.647. The first-order valence-electron chi connectivity index (χ1n) is 7.52. The molecule has 2 heteroatoms. The fourth-order valence-electron chi connectivity index (χ4n) is 2.50. The van der Waals surface area contributed by atoms with Crippen molar-refractivity contribution in [2.24, 2.45) is 5.92 Å². The van der Waals surface area contributed by atoms with Gasteiger partial charge in [-0.15, -0.1) is 0 Å². The van der Waals surface area contributed by atoms with Gasteiger partial charge in [0, 0.05) is 6.61 Å². The predicted molar refractivity (Wildman–Crippen MR) is 82.5 cm³/mol. The monoisotopic (exact) mass is 263 g/mol. The molecule has 0 aliphatic heterocycles. The Morgan fingerprint density at radius 1 is 1.16 bits per heavy atom. The lowest BCUT2D eigenvalue weighted by molar-refractivity contribution is 0.00269. The van der Waals surface area contributed by atoms with Gasteiger partial charge in [0.1, 0.15) is 0 Å². The Labute approximate surface area is 118 Å². The highest BCUT2D eigenvalue weighted by molar-refractivity contribution is 5.29. The second-order valence-corrected chi connectivity index (χ2v) is 5.45. The minimum Gasteiger partial charge on any atom is -0.376 e. The lowest BCUT2D eigenvalue weighted by atomic mass is 9.90. The summed E-state index contributed by atoms with van der Waals surface area (Å²) in [6.45, 7) is 12.7. The summed E-state index contributed by atoms with van der Waals surface area (Å²) in [6.07, 6.45) is 1.36. The van der Waals surface area contributed by atoms with Crippen LogP contribution < -0.4 is 5.32 Å². The first-order valence-corrected chi connectivity index (χ1v) is 7.52. The quantitative estimate of drug-likeness (QED) is 0.762. The lowest BCUT2D eigenvalue weighted by Gasteiger charge is -2.32. The summed E-state index contributed by atoms with van der Waals surface area (Å²) in [6, 6.07) is 8.89. The third-order valence-corrected chi connectivity index (χ3v) is 3.48. The number of hydrogen-bond acceptors (Lipinski definition) is 2. The Morgan fingerprint density at radius 3 is 2.37 bits per heavy atom. The summed E-state index contributed by atoms with van der Waals surface area (Å²) in [4.78, 5) is 0. The molecular weight excluding hydrogens is 234 g/mol. The number of ether oxygens (including phenoxy) is 1. The second kappa shape index (κ2) is 8.34. The molecule has 0 aliphatic carbocycles. The molecule has 1 aromatic rings. The van der Waals surface area contributed by atoms with Crippen LogP contribution in [0.1, 0.15) is 51.3 Å². The van der Waals surface area contributed by atoms with Crippen molar-refractivity contribution >= 4 is 0 Å². The maximum atomic E-state index is 6.01. The van der Waals surface area contributed by atoms with Gasteiger partial charge in [0.2, 0.25) is 0 Å². The molecule has 1 aromatic carbocycles. The smallest absolute Gasteiger partial charge is 0.0792 e. The molecule has 2 atom stereocenters. The van der Waals surface area contributed by atoms with Crippen LogP contribution in [0.4, 0.5) is 0 Å². The van der Waals surface area contributed by atoms with Gasteiger partial charge in [-0.1, -0.05) is 45.0 Å². The van der Waals surface area contributed by atoms with Gasteiger partial charge < -0.3 is 10.1 Å². The number of nitrogens with one attached hydrogen (secondary N) is 1. The Morgan fingerprint density at radius 2 is 1.84 bits per heavy atom. The van der Waals surface area contributed by atoms with Crippen molar-refractivity contribution < 1.29 is 4.74 Å². The molecule has 1 N–H and O–H groups in total. The Bertz CT molecular complexity index is 362. The Hall–Kier alpha value is -0.860. The van der Waals surface area contributed by atoms with Gasteiger partial charge in [0.05, 0.1) is 12.1 Å². The maximum absolute atomic E-state index is 6.01. The molecule has 0 aliphatic rings. The molecule has 2 unspecified atom stereocenters. The van der Waals surface area contributed by atoms with Crippen molar-refractivity contribution in [3.8, 4) is 0 Å². The summed E-state index contributed by atoms with van der Waals surface area (Å²) < 4.78 is 6.01. The van der Waals surface area contributed by atoms with Crippen LogP contribution in [-0.4, -0.2) is 19.3 Å². The van der Waals surface area contributed by atoms with Gasteiger partial charge in [-0.2, -0.15) is 0 Å². The van der Waals surface area contributed by atoms with Crippen LogP contribution in [0.3, 0.4) is 0 Å². The summed E-state index contributed by atoms with van der Waals surface area (Å²) in [7, 11) is 0. The molecule has 0 fully saturated rings. The van der Waals surface area contributed by atoms with E-state index in [0.717, 1.165) is 19.6 Å². The molecular formula is C17H29NO. The van der Waals surface area contributed by atoms with Gasteiger partial charge in [0.25, 0.3) is 0 Å². The predicted octanol–water partition coefficient (Wildman–Crippen LogP) is 4.10. The van der Waals surface area contributed by atoms with Crippen LogP contribution in [0.25, 0.3) is 0 Å². The number of rotatable bonds is 8. The number of hydrogen-bond donors (Lipinski definition) is 1. The number of aryl methyl sites for hydroxylation is 1. The topological polar surface area (TPSA) is 21.3 Å². The van der Waals surface area contributed by atoms with Crippen LogP contribution in [0, 0.1) is 12.8 Å². The van der Waals surface area contributed by atoms with Crippen LogP contribution in [0.15, 0.2) is 24.3 Å². The second-order valence-electron chi connectivity index (χ2n) is 5.45. The van der Waals surface area contributed by atoms with Crippen LogP contribution in [0.2, 0.25) is 0 Å². The molecule has 108 valence electrons. The summed E-state index contributed by atoms with van der Waals surface area (Å²) in [5, 5.41) is 3.67. The standard InChI is InChI=1S/C17H29NO/c1-6-12-18-16(17(13(3)4)19-7-2)15-11-9-8-10-14(15)5/h8-11,13,16-18H,6-7,12H2,1-5H3. The van der Waals surface area contributed by atoms with E-state index in [2.05, 4.69) is 64.2 Å². The highest BCUT2D eigenvalue weighted by atomic mass is 16.5. The fourth-order valence-corrected chi connectivity index (χ4v) is 2.50. The van der Waals surface area contributed by atoms with E-state index < -0.39 is 0 Å². The summed E-state index contributed by atoms with van der Waals surface area (Å²) >= 11 is 0. The average molecular weight is 263 g/mol. The van der Waals surface area contributed by atoms with Gasteiger partial charge in [0.15, 0.2) is 0 Å². The molecule has 0 spiro atoms. The molecule has 0 radical (unpaired) electrons. The zero-order chi connectivity index (χ0) is 14.3. The van der Waals surface area contributed by atoms with Crippen molar-refractivity contribution in [2.75, 3.05) is 13.2 Å². The van der Waals surface area contributed by atoms with Crippen molar-refractivity contribution in [1.29, 1.82) is 0 Å². The molecule has 0 saturated heterocycles. The summed E-state index contributed by atoms with van der Waals surface area (Å²) in [5.41, 5.74) is 2.70. The molecule has 0 saturated carbocycles. The minimum absolute atomic E-state index is 0.220. The third-order valence-electron chi connectivity index (χ3n) is 3.48. The van der Waals surface area contributed by atoms with Gasteiger partial charge >= 0.3 is 0 Å². The SMILES string of the molecule is CCCNC(c1ccccc1C)C(OCC)C(C)C. The average Bonchev–Trinajstić information content (AvgIpc) is 2.39. The Kier molecular flexibility index (Phi) is 7.11. The highest BCUT2D eigenvalue weighted by Gasteiger charge is 2.26. The van der Waals surface area contributed by atoms with E-state index >= 15 is 0 Å². The van der Waals surface area contributed by atoms with Crippen molar-refractivity contribution in [2.45, 2.75) is 53.2 Å². The van der Waals surface area contributed by atoms with Crippen molar-refractivity contribution in [1.82, 2.24) is 5.32 Å². The minimum atomic E-state index is 0.220. The van der Waals surface area contributed by atoms with Crippen molar-refractivity contribution in [3.63, 3.8) is 0 Å². The third kappa shape index (κ3) is 4.63. The first-order chi connectivity index (χ1) is 9.11. The molecule has 0 amide bonds. The van der Waals surface area contributed by atoms with Crippen LogP contribution in [0.5, 0.6) is 0 Å². The van der Waals surface area contributed by atoms with E-state index in [9.17, 15) is 0 Å². The zero-order valence-corrected chi connectivity index (χ0v) is 13.1. The lowest BCUT2D eigenvalue weighted by Crippen LogP contribution is -2.38. The molecule has 1 rings (SSSR count). The molecule has 0 aromatic heterocycles. The first kappa shape index (κ1) is 16.2. The van der Waals surface area contributed by atoms with Gasteiger partial charge in [-0.25, -0.2) is 0 Å². The normalized spacial score (nSPS) is 14.6. The molecule has 2 nitrogen and oxygen atoms in total. The molecule has 19 heavy (non-hydrogen) atoms. The van der Waals surface area contributed by atoms with Gasteiger partial charge in [-0.3, -0.25) is 0 Å². The van der Waals surface area contributed by atoms with Crippen LogP contribution in [-0.2, 0) is 4.74 Å². The van der Waals surface area contributed by atoms with Gasteiger partial charge in [-0.05, 0) is 43.9 Å². The highest BCUT2D eigenvalue weighted by Crippen LogP contribution is 2.27. The van der Waals surface area contributed by atoms with Crippen LogP contribution >= 0.6 is 0 Å².